The van der Waals surface area contributed by atoms with E-state index >= 15 is 0 Å². The number of carboxylic acid groups (broad SMARTS) is 1. The SMILES string of the molecule is CNC(=O)c1ccc2c(C)cn(C(C)C(=O)Nc3cc(CN4CCCC4=O)ccc3CCCC(=O)O)c2c1. The van der Waals surface area contributed by atoms with E-state index in [-0.39, 0.29) is 24.1 Å². The Morgan fingerprint density at radius 2 is 1.92 bits per heavy atom. The fourth-order valence-electron chi connectivity index (χ4n) is 4.97. The van der Waals surface area contributed by atoms with Crippen LogP contribution in [0, 0.1) is 6.92 Å². The average molecular weight is 519 g/mol. The van der Waals surface area contributed by atoms with Gasteiger partial charge in [-0.25, -0.2) is 0 Å². The lowest BCUT2D eigenvalue weighted by molar-refractivity contribution is -0.137. The molecule has 3 amide bonds. The Hall–Kier alpha value is -4.14. The van der Waals surface area contributed by atoms with Crippen molar-refractivity contribution in [3.8, 4) is 0 Å². The number of nitrogens with zero attached hydrogens (tertiary/aromatic N) is 2. The van der Waals surface area contributed by atoms with Gasteiger partial charge in [-0.2, -0.15) is 0 Å². The summed E-state index contributed by atoms with van der Waals surface area (Å²) in [6, 6.07) is 10.6. The van der Waals surface area contributed by atoms with Crippen molar-refractivity contribution in [3.05, 3.63) is 64.8 Å². The number of hydrogen-bond acceptors (Lipinski definition) is 4. The molecule has 1 fully saturated rings. The number of hydrogen-bond donors (Lipinski definition) is 3. The number of anilines is 1. The van der Waals surface area contributed by atoms with Crippen molar-refractivity contribution in [1.29, 1.82) is 0 Å². The largest absolute Gasteiger partial charge is 0.481 e. The van der Waals surface area contributed by atoms with Gasteiger partial charge in [0.2, 0.25) is 11.8 Å². The number of aliphatic carboxylic acids is 1. The van der Waals surface area contributed by atoms with Gasteiger partial charge in [-0.05, 0) is 68.0 Å². The van der Waals surface area contributed by atoms with Crippen LogP contribution in [0.3, 0.4) is 0 Å². The first-order valence-electron chi connectivity index (χ1n) is 12.9. The molecule has 4 rings (SSSR count). The topological polar surface area (TPSA) is 121 Å². The van der Waals surface area contributed by atoms with E-state index in [0.717, 1.165) is 40.6 Å². The van der Waals surface area contributed by atoms with E-state index in [9.17, 15) is 19.2 Å². The smallest absolute Gasteiger partial charge is 0.303 e. The zero-order valence-corrected chi connectivity index (χ0v) is 22.0. The van der Waals surface area contributed by atoms with Crippen molar-refractivity contribution in [1.82, 2.24) is 14.8 Å². The van der Waals surface area contributed by atoms with Gasteiger partial charge in [-0.3, -0.25) is 19.2 Å². The molecule has 1 unspecified atom stereocenters. The summed E-state index contributed by atoms with van der Waals surface area (Å²) in [7, 11) is 1.58. The van der Waals surface area contributed by atoms with Gasteiger partial charge in [0.05, 0.1) is 0 Å². The molecule has 1 atom stereocenters. The Balaban J connectivity index is 1.61. The molecule has 2 aromatic carbocycles. The van der Waals surface area contributed by atoms with Crippen LogP contribution >= 0.6 is 0 Å². The van der Waals surface area contributed by atoms with Crippen molar-refractivity contribution in [2.24, 2.45) is 0 Å². The normalized spacial score (nSPS) is 14.1. The van der Waals surface area contributed by atoms with Crippen molar-refractivity contribution >= 4 is 40.3 Å². The van der Waals surface area contributed by atoms with Crippen LogP contribution in [0.2, 0.25) is 0 Å². The summed E-state index contributed by atoms with van der Waals surface area (Å²) in [6.45, 7) is 4.96. The molecule has 0 radical (unpaired) electrons. The van der Waals surface area contributed by atoms with Gasteiger partial charge in [0, 0.05) is 61.3 Å². The number of carbonyl (C=O) groups excluding carboxylic acids is 3. The summed E-state index contributed by atoms with van der Waals surface area (Å²) in [6.07, 6.45) is 4.29. The standard InChI is InChI=1S/C29H34N4O5/c1-18-16-33(25-15-22(29(38)30-3)11-12-23(18)25)19(2)28(37)31-24-14-20(17-32-13-5-7-26(32)34)9-10-21(24)6-4-8-27(35)36/h9-12,14-16,19H,4-8,13,17H2,1-3H3,(H,30,38)(H,31,37)(H,35,36). The Kier molecular flexibility index (Phi) is 8.14. The van der Waals surface area contributed by atoms with Crippen LogP contribution in [0.5, 0.6) is 0 Å². The molecule has 0 bridgehead atoms. The minimum atomic E-state index is -0.862. The predicted octanol–water partition coefficient (Wildman–Crippen LogP) is 4.04. The molecule has 2 heterocycles. The van der Waals surface area contributed by atoms with E-state index in [4.69, 9.17) is 5.11 Å². The lowest BCUT2D eigenvalue weighted by Gasteiger charge is -2.20. The third-order valence-electron chi connectivity index (χ3n) is 7.13. The molecule has 1 aliphatic heterocycles. The van der Waals surface area contributed by atoms with Crippen LogP contribution in [-0.4, -0.2) is 51.9 Å². The van der Waals surface area contributed by atoms with Crippen LogP contribution in [0.25, 0.3) is 10.9 Å². The number of likely N-dealkylation sites (tertiary alicyclic amines) is 1. The highest BCUT2D eigenvalue weighted by Crippen LogP contribution is 2.28. The molecule has 0 aliphatic carbocycles. The summed E-state index contributed by atoms with van der Waals surface area (Å²) in [5.74, 6) is -1.17. The van der Waals surface area contributed by atoms with Gasteiger partial charge in [0.25, 0.3) is 5.91 Å². The molecule has 9 heteroatoms. The first kappa shape index (κ1) is 26.9. The van der Waals surface area contributed by atoms with Crippen molar-refractivity contribution in [2.45, 2.75) is 58.5 Å². The lowest BCUT2D eigenvalue weighted by Crippen LogP contribution is -2.25. The van der Waals surface area contributed by atoms with Crippen molar-refractivity contribution in [3.63, 3.8) is 0 Å². The average Bonchev–Trinajstić information content (AvgIpc) is 3.45. The van der Waals surface area contributed by atoms with Crippen molar-refractivity contribution < 1.29 is 24.3 Å². The Morgan fingerprint density at radius 1 is 1.13 bits per heavy atom. The van der Waals surface area contributed by atoms with Crippen LogP contribution < -0.4 is 10.6 Å². The number of fused-ring (bicyclic) bond motifs is 1. The number of amides is 3. The maximum atomic E-state index is 13.5. The third kappa shape index (κ3) is 5.88. The molecular weight excluding hydrogens is 484 g/mol. The monoisotopic (exact) mass is 518 g/mol. The van der Waals surface area contributed by atoms with Gasteiger partial charge >= 0.3 is 5.97 Å². The molecule has 9 nitrogen and oxygen atoms in total. The second-order valence-corrected chi connectivity index (χ2v) is 9.85. The third-order valence-corrected chi connectivity index (χ3v) is 7.13. The van der Waals surface area contributed by atoms with Gasteiger partial charge in [-0.1, -0.05) is 18.2 Å². The fourth-order valence-corrected chi connectivity index (χ4v) is 4.97. The number of benzene rings is 2. The first-order chi connectivity index (χ1) is 18.2. The quantitative estimate of drug-likeness (QED) is 0.374. The molecule has 0 saturated carbocycles. The number of carbonyl (C=O) groups is 4. The summed E-state index contributed by atoms with van der Waals surface area (Å²) in [5, 5.41) is 15.7. The molecule has 0 spiro atoms. The number of rotatable bonds is 10. The minimum absolute atomic E-state index is 0.0378. The lowest BCUT2D eigenvalue weighted by atomic mass is 10.0. The summed E-state index contributed by atoms with van der Waals surface area (Å²) in [4.78, 5) is 50.7. The number of aryl methyl sites for hydroxylation is 2. The van der Waals surface area contributed by atoms with Gasteiger partial charge in [-0.15, -0.1) is 0 Å². The van der Waals surface area contributed by atoms with Crippen LogP contribution in [0.1, 0.15) is 65.7 Å². The van der Waals surface area contributed by atoms with Crippen LogP contribution in [0.15, 0.2) is 42.6 Å². The summed E-state index contributed by atoms with van der Waals surface area (Å²) < 4.78 is 1.86. The van der Waals surface area contributed by atoms with E-state index in [1.807, 2.05) is 46.9 Å². The predicted molar refractivity (Wildman–Crippen MR) is 145 cm³/mol. The minimum Gasteiger partial charge on any atom is -0.481 e. The maximum absolute atomic E-state index is 13.5. The van der Waals surface area contributed by atoms with Crippen LogP contribution in [-0.2, 0) is 27.3 Å². The van der Waals surface area contributed by atoms with E-state index in [1.165, 1.54) is 0 Å². The van der Waals surface area contributed by atoms with Gasteiger partial charge in [0.1, 0.15) is 6.04 Å². The maximum Gasteiger partial charge on any atom is 0.303 e. The Labute approximate surface area is 221 Å². The second kappa shape index (κ2) is 11.5. The molecular formula is C29H34N4O5. The number of carboxylic acids is 1. The zero-order chi connectivity index (χ0) is 27.4. The molecule has 3 N–H and O–H groups in total. The van der Waals surface area contributed by atoms with E-state index < -0.39 is 12.0 Å². The molecule has 1 saturated heterocycles. The second-order valence-electron chi connectivity index (χ2n) is 9.85. The van der Waals surface area contributed by atoms with Gasteiger partial charge < -0.3 is 25.2 Å². The van der Waals surface area contributed by atoms with E-state index in [1.54, 1.807) is 26.1 Å². The molecule has 1 aliphatic rings. The zero-order valence-electron chi connectivity index (χ0n) is 22.0. The Morgan fingerprint density at radius 3 is 2.61 bits per heavy atom. The summed E-state index contributed by atoms with van der Waals surface area (Å²) in [5.41, 5.74) is 4.66. The highest BCUT2D eigenvalue weighted by molar-refractivity contribution is 6.00. The van der Waals surface area contributed by atoms with E-state index in [2.05, 4.69) is 10.6 Å². The Bertz CT molecular complexity index is 1390. The number of nitrogens with one attached hydrogen (secondary N) is 2. The highest BCUT2D eigenvalue weighted by atomic mass is 16.4. The first-order valence-corrected chi connectivity index (χ1v) is 12.9. The molecule has 1 aromatic heterocycles. The van der Waals surface area contributed by atoms with Gasteiger partial charge in [0.15, 0.2) is 0 Å². The van der Waals surface area contributed by atoms with Crippen LogP contribution in [0.4, 0.5) is 5.69 Å². The number of aromatic nitrogens is 1. The fraction of sp³-hybridized carbons (Fsp3) is 0.379. The molecule has 200 valence electrons. The molecule has 3 aromatic rings. The molecule has 38 heavy (non-hydrogen) atoms. The van der Waals surface area contributed by atoms with E-state index in [0.29, 0.717) is 37.1 Å². The van der Waals surface area contributed by atoms with Crippen molar-refractivity contribution in [2.75, 3.05) is 18.9 Å². The summed E-state index contributed by atoms with van der Waals surface area (Å²) >= 11 is 0. The highest BCUT2D eigenvalue weighted by Gasteiger charge is 2.22.